The predicted octanol–water partition coefficient (Wildman–Crippen LogP) is 3.95. The summed E-state index contributed by atoms with van der Waals surface area (Å²) in [5, 5.41) is 4.41. The van der Waals surface area contributed by atoms with Crippen LogP contribution in [0.15, 0.2) is 60.8 Å². The molecule has 3 aromatic rings. The van der Waals surface area contributed by atoms with Gasteiger partial charge in [-0.15, -0.1) is 0 Å². The van der Waals surface area contributed by atoms with Crippen LogP contribution in [0.5, 0.6) is 0 Å². The normalized spacial score (nSPS) is 10.6. The van der Waals surface area contributed by atoms with Crippen molar-refractivity contribution in [3.05, 3.63) is 71.4 Å². The average Bonchev–Trinajstić information content (AvgIpc) is 2.67. The Morgan fingerprint density at radius 2 is 1.85 bits per heavy atom. The van der Waals surface area contributed by atoms with Gasteiger partial charge in [-0.1, -0.05) is 48.0 Å². The van der Waals surface area contributed by atoms with Gasteiger partial charge in [0.25, 0.3) is 0 Å². The molecule has 0 bridgehead atoms. The number of anilines is 1. The number of nitrogens with one attached hydrogen (secondary N) is 1. The highest BCUT2D eigenvalue weighted by atomic mass is 35.5. The highest BCUT2D eigenvalue weighted by Crippen LogP contribution is 2.25. The maximum absolute atomic E-state index is 12.2. The Labute approximate surface area is 163 Å². The second kappa shape index (κ2) is 8.64. The van der Waals surface area contributed by atoms with Crippen LogP contribution in [0.4, 0.5) is 5.69 Å². The Morgan fingerprint density at radius 1 is 1.07 bits per heavy atom. The number of carbonyl (C=O) groups is 2. The Bertz CT molecular complexity index is 969. The summed E-state index contributed by atoms with van der Waals surface area (Å²) in [6.45, 7) is 2.12. The van der Waals surface area contributed by atoms with Crippen LogP contribution in [0.3, 0.4) is 0 Å². The van der Waals surface area contributed by atoms with E-state index in [4.69, 9.17) is 11.6 Å². The number of halogens is 1. The molecule has 2 aromatic carbocycles. The van der Waals surface area contributed by atoms with E-state index in [9.17, 15) is 9.59 Å². The van der Waals surface area contributed by atoms with Gasteiger partial charge in [0.05, 0.1) is 11.2 Å². The molecule has 5 nitrogen and oxygen atoms in total. The fourth-order valence-corrected chi connectivity index (χ4v) is 3.09. The number of fused-ring (bicyclic) bond motifs is 1. The van der Waals surface area contributed by atoms with Crippen LogP contribution in [0, 0.1) is 0 Å². The number of para-hydroxylation sites is 1. The van der Waals surface area contributed by atoms with E-state index < -0.39 is 0 Å². The average molecular weight is 382 g/mol. The van der Waals surface area contributed by atoms with E-state index in [0.717, 1.165) is 16.5 Å². The van der Waals surface area contributed by atoms with Crippen LogP contribution < -0.4 is 10.2 Å². The van der Waals surface area contributed by atoms with E-state index in [2.05, 4.69) is 10.3 Å². The molecule has 0 saturated carbocycles. The van der Waals surface area contributed by atoms with Gasteiger partial charge in [-0.05, 0) is 23.8 Å². The lowest BCUT2D eigenvalue weighted by Crippen LogP contribution is -2.34. The molecule has 2 amide bonds. The molecule has 0 spiro atoms. The molecule has 0 aliphatic rings. The van der Waals surface area contributed by atoms with E-state index in [0.29, 0.717) is 17.3 Å². The molecule has 0 aliphatic heterocycles. The first kappa shape index (κ1) is 18.9. The van der Waals surface area contributed by atoms with Crippen LogP contribution in [0.1, 0.15) is 18.9 Å². The van der Waals surface area contributed by atoms with Gasteiger partial charge >= 0.3 is 0 Å². The topological polar surface area (TPSA) is 62.3 Å². The van der Waals surface area contributed by atoms with Crippen LogP contribution in [-0.4, -0.2) is 23.3 Å². The maximum atomic E-state index is 12.2. The first-order valence-electron chi connectivity index (χ1n) is 8.68. The standard InChI is InChI=1S/C21H20ClN3O2/c1-15(26)25(19-10-4-7-16-8-5-12-23-21(16)19)13-11-20(27)24-14-17-6-2-3-9-18(17)22/h2-10,12H,11,13-14H2,1H3,(H,24,27). The summed E-state index contributed by atoms with van der Waals surface area (Å²) in [6, 6.07) is 16.8. The molecule has 0 aliphatic carbocycles. The molecule has 138 valence electrons. The molecule has 0 atom stereocenters. The smallest absolute Gasteiger partial charge is 0.223 e. The number of amides is 2. The number of aromatic nitrogens is 1. The lowest BCUT2D eigenvalue weighted by Gasteiger charge is -2.22. The molecule has 3 rings (SSSR count). The van der Waals surface area contributed by atoms with Crippen molar-refractivity contribution in [3.8, 4) is 0 Å². The first-order chi connectivity index (χ1) is 13.1. The molecule has 6 heteroatoms. The van der Waals surface area contributed by atoms with E-state index >= 15 is 0 Å². The highest BCUT2D eigenvalue weighted by molar-refractivity contribution is 6.31. The van der Waals surface area contributed by atoms with Gasteiger partial charge in [-0.25, -0.2) is 0 Å². The second-order valence-corrected chi connectivity index (χ2v) is 6.55. The minimum atomic E-state index is -0.144. The number of carbonyl (C=O) groups excluding carboxylic acids is 2. The van der Waals surface area contributed by atoms with Crippen molar-refractivity contribution in [1.82, 2.24) is 10.3 Å². The number of hydrogen-bond donors (Lipinski definition) is 1. The number of nitrogens with zero attached hydrogens (tertiary/aromatic N) is 2. The van der Waals surface area contributed by atoms with Crippen molar-refractivity contribution in [2.75, 3.05) is 11.4 Å². The fraction of sp³-hybridized carbons (Fsp3) is 0.190. The fourth-order valence-electron chi connectivity index (χ4n) is 2.89. The van der Waals surface area contributed by atoms with Crippen molar-refractivity contribution in [3.63, 3.8) is 0 Å². The summed E-state index contributed by atoms with van der Waals surface area (Å²) in [5.74, 6) is -0.276. The minimum absolute atomic E-state index is 0.132. The summed E-state index contributed by atoms with van der Waals surface area (Å²) in [4.78, 5) is 30.4. The zero-order valence-corrected chi connectivity index (χ0v) is 15.7. The SMILES string of the molecule is CC(=O)N(CCC(=O)NCc1ccccc1Cl)c1cccc2cccnc12. The van der Waals surface area contributed by atoms with Crippen molar-refractivity contribution in [1.29, 1.82) is 0 Å². The summed E-state index contributed by atoms with van der Waals surface area (Å²) in [7, 11) is 0. The lowest BCUT2D eigenvalue weighted by molar-refractivity contribution is -0.121. The molecule has 1 heterocycles. The van der Waals surface area contributed by atoms with E-state index in [1.165, 1.54) is 6.92 Å². The molecular weight excluding hydrogens is 362 g/mol. The number of hydrogen-bond acceptors (Lipinski definition) is 3. The van der Waals surface area contributed by atoms with E-state index in [-0.39, 0.29) is 24.8 Å². The van der Waals surface area contributed by atoms with Crippen molar-refractivity contribution < 1.29 is 9.59 Å². The molecular formula is C21H20ClN3O2. The number of benzene rings is 2. The molecule has 0 unspecified atom stereocenters. The largest absolute Gasteiger partial charge is 0.352 e. The maximum Gasteiger partial charge on any atom is 0.223 e. The highest BCUT2D eigenvalue weighted by Gasteiger charge is 2.16. The van der Waals surface area contributed by atoms with Gasteiger partial charge in [-0.2, -0.15) is 0 Å². The third kappa shape index (κ3) is 4.63. The quantitative estimate of drug-likeness (QED) is 0.703. The Morgan fingerprint density at radius 3 is 2.63 bits per heavy atom. The Balaban J connectivity index is 1.67. The van der Waals surface area contributed by atoms with Gasteiger partial charge in [0.1, 0.15) is 0 Å². The minimum Gasteiger partial charge on any atom is -0.352 e. The van der Waals surface area contributed by atoms with Gasteiger partial charge < -0.3 is 10.2 Å². The van der Waals surface area contributed by atoms with Gasteiger partial charge in [0.15, 0.2) is 0 Å². The van der Waals surface area contributed by atoms with Crippen molar-refractivity contribution in [2.24, 2.45) is 0 Å². The van der Waals surface area contributed by atoms with Gasteiger partial charge in [0, 0.05) is 43.0 Å². The van der Waals surface area contributed by atoms with Crippen molar-refractivity contribution in [2.45, 2.75) is 19.9 Å². The van der Waals surface area contributed by atoms with Crippen molar-refractivity contribution >= 4 is 40.0 Å². The summed E-state index contributed by atoms with van der Waals surface area (Å²) < 4.78 is 0. The zero-order valence-electron chi connectivity index (χ0n) is 15.0. The van der Waals surface area contributed by atoms with Crippen LogP contribution in [-0.2, 0) is 16.1 Å². The first-order valence-corrected chi connectivity index (χ1v) is 9.06. The molecule has 1 aromatic heterocycles. The zero-order chi connectivity index (χ0) is 19.2. The summed E-state index contributed by atoms with van der Waals surface area (Å²) in [5.41, 5.74) is 2.31. The Hall–Kier alpha value is -2.92. The molecule has 0 fully saturated rings. The Kier molecular flexibility index (Phi) is 6.04. The number of pyridine rings is 1. The third-order valence-corrected chi connectivity index (χ3v) is 4.65. The monoisotopic (exact) mass is 381 g/mol. The number of rotatable bonds is 6. The lowest BCUT2D eigenvalue weighted by atomic mass is 10.1. The van der Waals surface area contributed by atoms with E-state index in [1.54, 1.807) is 17.2 Å². The second-order valence-electron chi connectivity index (χ2n) is 6.14. The summed E-state index contributed by atoms with van der Waals surface area (Å²) in [6.07, 6.45) is 1.88. The third-order valence-electron chi connectivity index (χ3n) is 4.28. The van der Waals surface area contributed by atoms with Gasteiger partial charge in [0.2, 0.25) is 11.8 Å². The van der Waals surface area contributed by atoms with E-state index in [1.807, 2.05) is 48.5 Å². The molecule has 27 heavy (non-hydrogen) atoms. The van der Waals surface area contributed by atoms with Crippen LogP contribution in [0.25, 0.3) is 10.9 Å². The van der Waals surface area contributed by atoms with Crippen LogP contribution in [0.2, 0.25) is 5.02 Å². The van der Waals surface area contributed by atoms with Gasteiger partial charge in [-0.3, -0.25) is 14.6 Å². The van der Waals surface area contributed by atoms with Crippen LogP contribution >= 0.6 is 11.6 Å². The predicted molar refractivity (Wildman–Crippen MR) is 108 cm³/mol. The molecule has 1 N–H and O–H groups in total. The molecule has 0 radical (unpaired) electrons. The summed E-state index contributed by atoms with van der Waals surface area (Å²) >= 11 is 6.10. The molecule has 0 saturated heterocycles.